The van der Waals surface area contributed by atoms with Gasteiger partial charge >= 0.3 is 17.1 Å². The molecule has 0 aromatic carbocycles. The molecular weight excluding hydrogens is 342 g/mol. The zero-order valence-electron chi connectivity index (χ0n) is 16.9. The summed E-state index contributed by atoms with van der Waals surface area (Å²) < 4.78 is 3.02. The molecule has 0 N–H and O–H groups in total. The second kappa shape index (κ2) is 12.9. The van der Waals surface area contributed by atoms with E-state index in [1.807, 2.05) is 0 Å². The van der Waals surface area contributed by atoms with Crippen molar-refractivity contribution in [2.45, 2.75) is 78.6 Å². The molecule has 0 radical (unpaired) electrons. The van der Waals surface area contributed by atoms with Crippen LogP contribution in [0, 0.1) is 0 Å². The predicted molar refractivity (Wildman–Crippen MR) is 114 cm³/mol. The molecule has 0 unspecified atom stereocenters. The molecule has 0 saturated carbocycles. The lowest BCUT2D eigenvalue weighted by atomic mass is 10.2. The van der Waals surface area contributed by atoms with E-state index in [1.54, 1.807) is 18.2 Å². The maximum absolute atomic E-state index is 12.7. The van der Waals surface area contributed by atoms with Crippen LogP contribution in [-0.2, 0) is 0 Å². The Morgan fingerprint density at radius 1 is 0.556 bits per heavy atom. The van der Waals surface area contributed by atoms with Crippen LogP contribution in [0.2, 0.25) is 0 Å². The minimum Gasteiger partial charge on any atom is -0.247 e. The molecule has 1 aromatic rings. The van der Waals surface area contributed by atoms with E-state index in [2.05, 4.69) is 20.8 Å². The van der Waals surface area contributed by atoms with Crippen molar-refractivity contribution in [2.24, 2.45) is 0 Å². The number of hydrogen-bond acceptors (Lipinski definition) is 3. The highest BCUT2D eigenvalue weighted by atomic mass is 16.2. The molecule has 6 nitrogen and oxygen atoms in total. The van der Waals surface area contributed by atoms with E-state index >= 15 is 0 Å². The minimum absolute atomic E-state index is 0.635. The van der Waals surface area contributed by atoms with Crippen LogP contribution in [0.3, 0.4) is 0 Å². The fraction of sp³-hybridized carbons (Fsp3) is 0.571. The van der Waals surface area contributed by atoms with Gasteiger partial charge in [-0.3, -0.25) is 0 Å². The van der Waals surface area contributed by atoms with Crippen molar-refractivity contribution in [3.05, 3.63) is 49.7 Å². The first-order valence-corrected chi connectivity index (χ1v) is 10.1. The third-order valence-corrected chi connectivity index (χ3v) is 4.17. The second-order valence-electron chi connectivity index (χ2n) is 6.54. The summed E-state index contributed by atoms with van der Waals surface area (Å²) in [7, 11) is 0. The van der Waals surface area contributed by atoms with E-state index in [0.717, 1.165) is 71.5 Å². The highest BCUT2D eigenvalue weighted by molar-refractivity contribution is 5.29. The van der Waals surface area contributed by atoms with Crippen LogP contribution in [0.15, 0.2) is 32.6 Å². The van der Waals surface area contributed by atoms with Gasteiger partial charge in [0.15, 0.2) is 0 Å². The fourth-order valence-electron chi connectivity index (χ4n) is 2.48. The molecule has 0 amide bonds. The number of aromatic nitrogens is 3. The maximum Gasteiger partial charge on any atom is 0.344 e. The van der Waals surface area contributed by atoms with Gasteiger partial charge < -0.3 is 0 Å². The molecule has 0 aliphatic carbocycles. The van der Waals surface area contributed by atoms with Gasteiger partial charge in [-0.05, 0) is 19.3 Å². The Morgan fingerprint density at radius 3 is 1.04 bits per heavy atom. The highest BCUT2D eigenvalue weighted by Gasteiger charge is 2.10. The van der Waals surface area contributed by atoms with Crippen molar-refractivity contribution in [1.82, 2.24) is 13.7 Å². The third-order valence-electron chi connectivity index (χ3n) is 4.17. The Bertz CT molecular complexity index is 683. The zero-order valence-corrected chi connectivity index (χ0v) is 16.9. The molecule has 27 heavy (non-hydrogen) atoms. The normalized spacial score (nSPS) is 12.1. The topological polar surface area (TPSA) is 66.0 Å². The summed E-state index contributed by atoms with van der Waals surface area (Å²) in [5.41, 5.74) is -1.91. The van der Waals surface area contributed by atoms with Crippen molar-refractivity contribution in [2.75, 3.05) is 0 Å². The summed E-state index contributed by atoms with van der Waals surface area (Å²) in [6.45, 7) is 6.24. The molecule has 0 saturated heterocycles. The van der Waals surface area contributed by atoms with Crippen molar-refractivity contribution in [3.63, 3.8) is 0 Å². The van der Waals surface area contributed by atoms with Crippen LogP contribution in [0.5, 0.6) is 0 Å². The van der Waals surface area contributed by atoms with Gasteiger partial charge in [-0.15, -0.1) is 0 Å². The third kappa shape index (κ3) is 7.04. The molecular formula is C21H33N3O3. The summed E-state index contributed by atoms with van der Waals surface area (Å²) in [5.74, 6) is 0. The summed E-state index contributed by atoms with van der Waals surface area (Å²) in [6, 6.07) is 0. The van der Waals surface area contributed by atoms with E-state index in [0.29, 0.717) is 0 Å². The second-order valence-corrected chi connectivity index (χ2v) is 6.54. The number of allylic oxidation sites excluding steroid dienone is 3. The van der Waals surface area contributed by atoms with Gasteiger partial charge in [0.25, 0.3) is 0 Å². The van der Waals surface area contributed by atoms with Gasteiger partial charge in [-0.1, -0.05) is 77.5 Å². The summed E-state index contributed by atoms with van der Waals surface area (Å²) >= 11 is 0. The summed E-state index contributed by atoms with van der Waals surface area (Å²) in [6.07, 6.45) is 18.2. The van der Waals surface area contributed by atoms with Gasteiger partial charge in [0, 0.05) is 18.6 Å². The largest absolute Gasteiger partial charge is 0.344 e. The molecule has 0 atom stereocenters. The Balaban J connectivity index is 3.39. The molecule has 1 heterocycles. The quantitative estimate of drug-likeness (QED) is 0.515. The van der Waals surface area contributed by atoms with E-state index in [4.69, 9.17) is 0 Å². The summed E-state index contributed by atoms with van der Waals surface area (Å²) in [4.78, 5) is 38.0. The lowest BCUT2D eigenvalue weighted by Crippen LogP contribution is -2.50. The lowest BCUT2D eigenvalue weighted by Gasteiger charge is -2.06. The Hall–Kier alpha value is -2.37. The average molecular weight is 376 g/mol. The van der Waals surface area contributed by atoms with Crippen LogP contribution in [-0.4, -0.2) is 13.7 Å². The monoisotopic (exact) mass is 375 g/mol. The summed E-state index contributed by atoms with van der Waals surface area (Å²) in [5, 5.41) is 0. The molecule has 0 aliphatic heterocycles. The van der Waals surface area contributed by atoms with Crippen LogP contribution in [0.1, 0.15) is 78.6 Å². The van der Waals surface area contributed by atoms with Gasteiger partial charge in [-0.2, -0.15) is 0 Å². The highest BCUT2D eigenvalue weighted by Crippen LogP contribution is 1.97. The number of unbranched alkanes of at least 4 members (excludes halogenated alkanes) is 6. The Morgan fingerprint density at radius 2 is 0.815 bits per heavy atom. The maximum atomic E-state index is 12.7. The van der Waals surface area contributed by atoms with Crippen molar-refractivity contribution >= 4 is 18.6 Å². The first-order valence-electron chi connectivity index (χ1n) is 10.1. The molecule has 1 rings (SSSR count). The SMILES string of the molecule is CCCC/C=C/n1c(=O)n(/C=C/CCCC)c(=O)n(/C=C/CCCC)c1=O. The van der Waals surface area contributed by atoms with Crippen molar-refractivity contribution < 1.29 is 0 Å². The molecule has 1 aromatic heterocycles. The van der Waals surface area contributed by atoms with E-state index < -0.39 is 17.1 Å². The molecule has 0 aliphatic rings. The van der Waals surface area contributed by atoms with E-state index in [1.165, 1.54) is 18.6 Å². The molecule has 0 fully saturated rings. The van der Waals surface area contributed by atoms with Gasteiger partial charge in [-0.25, -0.2) is 28.1 Å². The molecule has 0 bridgehead atoms. The van der Waals surface area contributed by atoms with Crippen LogP contribution >= 0.6 is 0 Å². The molecule has 150 valence electrons. The zero-order chi connectivity index (χ0) is 20.1. The first kappa shape index (κ1) is 22.7. The van der Waals surface area contributed by atoms with Crippen LogP contribution < -0.4 is 17.1 Å². The van der Waals surface area contributed by atoms with Crippen molar-refractivity contribution in [3.8, 4) is 0 Å². The van der Waals surface area contributed by atoms with E-state index in [-0.39, 0.29) is 0 Å². The average Bonchev–Trinajstić information content (AvgIpc) is 2.66. The Kier molecular flexibility index (Phi) is 10.8. The fourth-order valence-corrected chi connectivity index (χ4v) is 2.48. The van der Waals surface area contributed by atoms with Gasteiger partial charge in [0.1, 0.15) is 0 Å². The lowest BCUT2D eigenvalue weighted by molar-refractivity contribution is 0.702. The first-order chi connectivity index (χ1) is 13.1. The van der Waals surface area contributed by atoms with Crippen LogP contribution in [0.4, 0.5) is 0 Å². The minimum atomic E-state index is -0.635. The van der Waals surface area contributed by atoms with Gasteiger partial charge in [0.2, 0.25) is 0 Å². The van der Waals surface area contributed by atoms with Gasteiger partial charge in [0.05, 0.1) is 0 Å². The van der Waals surface area contributed by atoms with Crippen molar-refractivity contribution in [1.29, 1.82) is 0 Å². The number of nitrogens with zero attached hydrogens (tertiary/aromatic N) is 3. The molecule has 6 heteroatoms. The van der Waals surface area contributed by atoms with Crippen LogP contribution in [0.25, 0.3) is 18.6 Å². The smallest absolute Gasteiger partial charge is 0.247 e. The number of rotatable bonds is 12. The Labute approximate surface area is 161 Å². The number of hydrogen-bond donors (Lipinski definition) is 0. The predicted octanol–water partition coefficient (Wildman–Crippen LogP) is 4.15. The standard InChI is InChI=1S/C21H33N3O3/c1-4-7-10-13-16-22-19(25)23(17-14-11-8-5-2)21(27)24(20(22)26)18-15-12-9-6-3/h13-18H,4-12H2,1-3H3/b16-13+,17-14+,18-15+. The van der Waals surface area contributed by atoms with E-state index in [9.17, 15) is 14.4 Å². The molecule has 0 spiro atoms.